The molecular weight excluding hydrogens is 438 g/mol. The van der Waals surface area contributed by atoms with Gasteiger partial charge in [-0.2, -0.15) is 0 Å². The maximum absolute atomic E-state index is 13.1. The van der Waals surface area contributed by atoms with Crippen molar-refractivity contribution >= 4 is 38.4 Å². The van der Waals surface area contributed by atoms with E-state index in [-0.39, 0.29) is 41.3 Å². The van der Waals surface area contributed by atoms with Crippen molar-refractivity contribution in [2.24, 2.45) is 0 Å². The van der Waals surface area contributed by atoms with Gasteiger partial charge in [-0.3, -0.25) is 14.2 Å². The van der Waals surface area contributed by atoms with E-state index in [0.717, 1.165) is 0 Å². The van der Waals surface area contributed by atoms with E-state index in [9.17, 15) is 18.0 Å². The Balaban J connectivity index is 1.59. The van der Waals surface area contributed by atoms with Gasteiger partial charge >= 0.3 is 0 Å². The summed E-state index contributed by atoms with van der Waals surface area (Å²) in [5.74, 6) is 0.631. The highest BCUT2D eigenvalue weighted by molar-refractivity contribution is 7.99. The quantitative estimate of drug-likeness (QED) is 0.392. The summed E-state index contributed by atoms with van der Waals surface area (Å²) in [5.41, 5.74) is 0.360. The van der Waals surface area contributed by atoms with Crippen LogP contribution in [-0.2, 0) is 21.2 Å². The molecule has 4 rings (SSSR count). The Hall–Kier alpha value is -2.59. The molecule has 0 radical (unpaired) electrons. The van der Waals surface area contributed by atoms with E-state index in [4.69, 9.17) is 4.42 Å². The van der Waals surface area contributed by atoms with Crippen molar-refractivity contribution in [2.45, 2.75) is 31.1 Å². The highest BCUT2D eigenvalue weighted by Crippen LogP contribution is 2.22. The highest BCUT2D eigenvalue weighted by Gasteiger charge is 2.33. The van der Waals surface area contributed by atoms with E-state index in [1.807, 2.05) is 13.0 Å². The molecule has 1 aliphatic heterocycles. The maximum atomic E-state index is 13.1. The van der Waals surface area contributed by atoms with Gasteiger partial charge in [-0.15, -0.1) is 0 Å². The summed E-state index contributed by atoms with van der Waals surface area (Å²) in [5, 5.41) is 0.916. The minimum absolute atomic E-state index is 0.00860. The number of fused-ring (bicyclic) bond motifs is 1. The second-order valence-electron chi connectivity index (χ2n) is 7.41. The van der Waals surface area contributed by atoms with Crippen molar-refractivity contribution < 1.29 is 17.6 Å². The Morgan fingerprint density at radius 1 is 1.29 bits per heavy atom. The monoisotopic (exact) mass is 461 g/mol. The van der Waals surface area contributed by atoms with Crippen LogP contribution in [-0.4, -0.2) is 58.6 Å². The van der Waals surface area contributed by atoms with Crippen LogP contribution in [0, 0.1) is 0 Å². The van der Waals surface area contributed by atoms with Gasteiger partial charge in [0.15, 0.2) is 15.0 Å². The summed E-state index contributed by atoms with van der Waals surface area (Å²) in [6.45, 7) is 2.48. The third-order valence-corrected chi connectivity index (χ3v) is 8.07. The number of nitrogens with zero attached hydrogens (tertiary/aromatic N) is 3. The summed E-state index contributed by atoms with van der Waals surface area (Å²) in [7, 11) is -3.09. The molecule has 0 saturated carbocycles. The topological polar surface area (TPSA) is 102 Å². The Morgan fingerprint density at radius 3 is 2.77 bits per heavy atom. The summed E-state index contributed by atoms with van der Waals surface area (Å²) in [6, 6.07) is 10.3. The average molecular weight is 462 g/mol. The fourth-order valence-corrected chi connectivity index (χ4v) is 6.44. The van der Waals surface area contributed by atoms with Gasteiger partial charge in [0.05, 0.1) is 41.0 Å². The van der Waals surface area contributed by atoms with Gasteiger partial charge in [-0.1, -0.05) is 23.9 Å². The molecule has 3 aromatic rings. The Morgan fingerprint density at radius 2 is 2.10 bits per heavy atom. The molecule has 1 aliphatic rings. The van der Waals surface area contributed by atoms with Crippen molar-refractivity contribution in [3.05, 3.63) is 58.8 Å². The molecule has 0 N–H and O–H groups in total. The molecule has 1 aromatic carbocycles. The van der Waals surface area contributed by atoms with Crippen LogP contribution < -0.4 is 5.56 Å². The molecule has 3 heterocycles. The molecule has 1 unspecified atom stereocenters. The fraction of sp³-hybridized carbons (Fsp3) is 0.381. The second-order valence-corrected chi connectivity index (χ2v) is 10.6. The molecule has 1 amide bonds. The van der Waals surface area contributed by atoms with Gasteiger partial charge in [0.1, 0.15) is 5.76 Å². The smallest absolute Gasteiger partial charge is 0.262 e. The van der Waals surface area contributed by atoms with E-state index in [0.29, 0.717) is 34.8 Å². The van der Waals surface area contributed by atoms with Crippen LogP contribution in [0.1, 0.15) is 19.1 Å². The molecule has 164 valence electrons. The second kappa shape index (κ2) is 8.88. The summed E-state index contributed by atoms with van der Waals surface area (Å²) in [6.07, 6.45) is 2.00. The predicted octanol–water partition coefficient (Wildman–Crippen LogP) is 2.17. The van der Waals surface area contributed by atoms with Crippen molar-refractivity contribution in [1.82, 2.24) is 14.5 Å². The van der Waals surface area contributed by atoms with E-state index in [2.05, 4.69) is 4.98 Å². The van der Waals surface area contributed by atoms with Crippen LogP contribution >= 0.6 is 11.8 Å². The number of sulfone groups is 1. The number of amides is 1. The number of hydrogen-bond donors (Lipinski definition) is 0. The maximum Gasteiger partial charge on any atom is 0.262 e. The number of thioether (sulfide) groups is 1. The van der Waals surface area contributed by atoms with Gasteiger partial charge < -0.3 is 9.32 Å². The number of benzene rings is 1. The lowest BCUT2D eigenvalue weighted by atomic mass is 10.2. The van der Waals surface area contributed by atoms with Gasteiger partial charge in [-0.05, 0) is 37.6 Å². The Kier molecular flexibility index (Phi) is 6.19. The van der Waals surface area contributed by atoms with Gasteiger partial charge in [-0.25, -0.2) is 13.4 Å². The number of aromatic nitrogens is 2. The fourth-order valence-electron chi connectivity index (χ4n) is 3.82. The van der Waals surface area contributed by atoms with Crippen LogP contribution in [0.2, 0.25) is 0 Å². The Labute approximate surface area is 184 Å². The molecular formula is C21H23N3O5S2. The van der Waals surface area contributed by atoms with Crippen LogP contribution in [0.15, 0.2) is 57.0 Å². The molecule has 1 fully saturated rings. The molecule has 8 nitrogen and oxygen atoms in total. The Bertz CT molecular complexity index is 1250. The van der Waals surface area contributed by atoms with E-state index >= 15 is 0 Å². The molecule has 0 spiro atoms. The number of para-hydroxylation sites is 1. The van der Waals surface area contributed by atoms with E-state index in [1.54, 1.807) is 41.5 Å². The van der Waals surface area contributed by atoms with Gasteiger partial charge in [0.2, 0.25) is 5.91 Å². The summed E-state index contributed by atoms with van der Waals surface area (Å²) >= 11 is 1.18. The molecule has 10 heteroatoms. The first-order chi connectivity index (χ1) is 14.9. The lowest BCUT2D eigenvalue weighted by Crippen LogP contribution is -2.42. The first kappa shape index (κ1) is 21.6. The molecule has 0 bridgehead atoms. The summed E-state index contributed by atoms with van der Waals surface area (Å²) in [4.78, 5) is 32.2. The highest BCUT2D eigenvalue weighted by atomic mass is 32.2. The lowest BCUT2D eigenvalue weighted by molar-refractivity contribution is -0.129. The SMILES string of the molecule is CCN(C(=O)CSc1nc2ccccc2c(=O)n1Cc1ccco1)C1CCS(=O)(=O)C1. The largest absolute Gasteiger partial charge is 0.467 e. The number of carbonyl (C=O) groups excluding carboxylic acids is 1. The molecule has 31 heavy (non-hydrogen) atoms. The van der Waals surface area contributed by atoms with Crippen molar-refractivity contribution in [1.29, 1.82) is 0 Å². The molecule has 2 aromatic heterocycles. The zero-order valence-corrected chi connectivity index (χ0v) is 18.7. The van der Waals surface area contributed by atoms with E-state index < -0.39 is 9.84 Å². The predicted molar refractivity (Wildman–Crippen MR) is 119 cm³/mol. The first-order valence-corrected chi connectivity index (χ1v) is 12.8. The number of furan rings is 1. The van der Waals surface area contributed by atoms with Crippen molar-refractivity contribution in [2.75, 3.05) is 23.8 Å². The zero-order valence-electron chi connectivity index (χ0n) is 17.1. The molecule has 0 aliphatic carbocycles. The zero-order chi connectivity index (χ0) is 22.0. The van der Waals surface area contributed by atoms with Crippen LogP contribution in [0.25, 0.3) is 10.9 Å². The van der Waals surface area contributed by atoms with Crippen molar-refractivity contribution in [3.63, 3.8) is 0 Å². The van der Waals surface area contributed by atoms with Crippen LogP contribution in [0.3, 0.4) is 0 Å². The van der Waals surface area contributed by atoms with Gasteiger partial charge in [0, 0.05) is 12.6 Å². The number of rotatable bonds is 7. The van der Waals surface area contributed by atoms with Crippen LogP contribution in [0.5, 0.6) is 0 Å². The van der Waals surface area contributed by atoms with E-state index in [1.165, 1.54) is 16.3 Å². The van der Waals surface area contributed by atoms with Crippen LogP contribution in [0.4, 0.5) is 0 Å². The third-order valence-electron chi connectivity index (χ3n) is 5.36. The molecule has 1 saturated heterocycles. The minimum atomic E-state index is -3.09. The average Bonchev–Trinajstić information content (AvgIpc) is 3.38. The molecule has 1 atom stereocenters. The standard InChI is InChI=1S/C21H23N3O5S2/c1-2-23(15-9-11-31(27,28)14-15)19(25)13-30-21-22-18-8-4-3-7-17(18)20(26)24(21)12-16-6-5-10-29-16/h3-8,10,15H,2,9,11-14H2,1H3. The van der Waals surface area contributed by atoms with Crippen molar-refractivity contribution in [3.8, 4) is 0 Å². The van der Waals surface area contributed by atoms with Gasteiger partial charge in [0.25, 0.3) is 5.56 Å². The number of hydrogen-bond acceptors (Lipinski definition) is 7. The normalized spacial score (nSPS) is 17.8. The lowest BCUT2D eigenvalue weighted by Gasteiger charge is -2.26. The number of carbonyl (C=O) groups is 1. The minimum Gasteiger partial charge on any atom is -0.467 e. The third kappa shape index (κ3) is 4.69. The first-order valence-electron chi connectivity index (χ1n) is 10.0. The summed E-state index contributed by atoms with van der Waals surface area (Å²) < 4.78 is 30.6.